The maximum absolute atomic E-state index is 12.4. The first kappa shape index (κ1) is 15.5. The second-order valence-electron chi connectivity index (χ2n) is 5.24. The molecule has 0 fully saturated rings. The fourth-order valence-corrected chi connectivity index (χ4v) is 2.46. The lowest BCUT2D eigenvalue weighted by molar-refractivity contribution is 0.104. The van der Waals surface area contributed by atoms with E-state index in [9.17, 15) is 4.79 Å². The van der Waals surface area contributed by atoms with Crippen LogP contribution in [0, 0.1) is 11.3 Å². The fraction of sp³-hybridized carbons (Fsp3) is 0.0476. The number of ketones is 1. The average Bonchev–Trinajstić information content (AvgIpc) is 2.64. The van der Waals surface area contributed by atoms with E-state index in [-0.39, 0.29) is 12.4 Å². The first-order chi connectivity index (χ1) is 11.8. The number of hydrogen-bond donors (Lipinski definition) is 0. The van der Waals surface area contributed by atoms with E-state index in [1.165, 1.54) is 6.08 Å². The monoisotopic (exact) mass is 313 g/mol. The zero-order valence-electron chi connectivity index (χ0n) is 13.0. The van der Waals surface area contributed by atoms with Crippen molar-refractivity contribution in [2.24, 2.45) is 0 Å². The molecule has 3 aromatic rings. The van der Waals surface area contributed by atoms with E-state index in [2.05, 4.69) is 0 Å². The van der Waals surface area contributed by atoms with Crippen LogP contribution in [0.4, 0.5) is 0 Å². The van der Waals surface area contributed by atoms with Crippen LogP contribution in [0.15, 0.2) is 72.8 Å². The number of para-hydroxylation sites is 1. The normalized spacial score (nSPS) is 10.6. The van der Waals surface area contributed by atoms with Crippen molar-refractivity contribution in [3.8, 4) is 11.8 Å². The van der Waals surface area contributed by atoms with E-state index in [0.717, 1.165) is 16.3 Å². The first-order valence-electron chi connectivity index (χ1n) is 7.58. The molecule has 0 aromatic heterocycles. The summed E-state index contributed by atoms with van der Waals surface area (Å²) in [5.41, 5.74) is 1.40. The van der Waals surface area contributed by atoms with Gasteiger partial charge >= 0.3 is 0 Å². The molecule has 0 saturated carbocycles. The van der Waals surface area contributed by atoms with Crippen LogP contribution in [0.25, 0.3) is 16.8 Å². The van der Waals surface area contributed by atoms with Gasteiger partial charge in [0.25, 0.3) is 0 Å². The summed E-state index contributed by atoms with van der Waals surface area (Å²) < 4.78 is 5.36. The molecule has 3 nitrogen and oxygen atoms in total. The van der Waals surface area contributed by atoms with Crippen molar-refractivity contribution in [3.05, 3.63) is 83.9 Å². The molecule has 0 aliphatic heterocycles. The van der Waals surface area contributed by atoms with Crippen LogP contribution in [-0.4, -0.2) is 12.4 Å². The van der Waals surface area contributed by atoms with Gasteiger partial charge in [-0.05, 0) is 35.1 Å². The smallest absolute Gasteiger partial charge is 0.185 e. The Morgan fingerprint density at radius 1 is 1.00 bits per heavy atom. The standard InChI is InChI=1S/C21H15NO2/c22-13-14-24-21-8-4-3-6-17(21)11-12-20(23)19-10-9-16-5-1-2-7-18(16)15-19/h1-12,15H,14H2/b12-11+. The van der Waals surface area contributed by atoms with E-state index in [1.54, 1.807) is 12.1 Å². The molecule has 116 valence electrons. The third kappa shape index (κ3) is 3.50. The Bertz CT molecular complexity index is 951. The third-order valence-corrected chi connectivity index (χ3v) is 3.66. The second-order valence-corrected chi connectivity index (χ2v) is 5.24. The molecule has 0 radical (unpaired) electrons. The lowest BCUT2D eigenvalue weighted by atomic mass is 10.0. The number of allylic oxidation sites excluding steroid dienone is 1. The average molecular weight is 313 g/mol. The molecule has 0 heterocycles. The number of fused-ring (bicyclic) bond motifs is 1. The molecule has 3 heteroatoms. The Kier molecular flexibility index (Phi) is 4.69. The summed E-state index contributed by atoms with van der Waals surface area (Å²) >= 11 is 0. The van der Waals surface area contributed by atoms with E-state index in [4.69, 9.17) is 10.00 Å². The minimum Gasteiger partial charge on any atom is -0.478 e. The van der Waals surface area contributed by atoms with Gasteiger partial charge in [-0.25, -0.2) is 0 Å². The lowest BCUT2D eigenvalue weighted by Crippen LogP contribution is -1.96. The Labute approximate surface area is 140 Å². The SMILES string of the molecule is N#CCOc1ccccc1/C=C/C(=O)c1ccc2ccccc2c1. The minimum absolute atomic E-state index is 0.0243. The Morgan fingerprint density at radius 2 is 1.75 bits per heavy atom. The molecule has 0 spiro atoms. The number of benzene rings is 3. The van der Waals surface area contributed by atoms with Gasteiger partial charge in [0.15, 0.2) is 12.4 Å². The van der Waals surface area contributed by atoms with Gasteiger partial charge < -0.3 is 4.74 Å². The topological polar surface area (TPSA) is 50.1 Å². The van der Waals surface area contributed by atoms with Crippen molar-refractivity contribution in [3.63, 3.8) is 0 Å². The molecular weight excluding hydrogens is 298 g/mol. The first-order valence-corrected chi connectivity index (χ1v) is 7.58. The van der Waals surface area contributed by atoms with Gasteiger partial charge in [-0.2, -0.15) is 5.26 Å². The summed E-state index contributed by atoms with van der Waals surface area (Å²) in [6, 6.07) is 22.8. The summed E-state index contributed by atoms with van der Waals surface area (Å²) in [4.78, 5) is 12.4. The molecule has 0 aliphatic carbocycles. The molecular formula is C21H15NO2. The van der Waals surface area contributed by atoms with E-state index in [0.29, 0.717) is 11.3 Å². The number of hydrogen-bond acceptors (Lipinski definition) is 3. The quantitative estimate of drug-likeness (QED) is 0.509. The highest BCUT2D eigenvalue weighted by molar-refractivity contribution is 6.08. The van der Waals surface area contributed by atoms with Crippen LogP contribution < -0.4 is 4.74 Å². The highest BCUT2D eigenvalue weighted by Gasteiger charge is 2.04. The Morgan fingerprint density at radius 3 is 2.58 bits per heavy atom. The van der Waals surface area contributed by atoms with E-state index < -0.39 is 0 Å². The van der Waals surface area contributed by atoms with E-state index >= 15 is 0 Å². The summed E-state index contributed by atoms with van der Waals surface area (Å²) in [5, 5.41) is 10.8. The Hall–Kier alpha value is -3.38. The van der Waals surface area contributed by atoms with Crippen LogP contribution in [0.1, 0.15) is 15.9 Å². The summed E-state index contributed by atoms with van der Waals surface area (Å²) in [6.07, 6.45) is 3.24. The van der Waals surface area contributed by atoms with Gasteiger partial charge in [0.05, 0.1) is 0 Å². The molecule has 0 atom stereocenters. The maximum atomic E-state index is 12.4. The summed E-state index contributed by atoms with van der Waals surface area (Å²) in [7, 11) is 0. The van der Waals surface area contributed by atoms with Crippen molar-refractivity contribution in [1.82, 2.24) is 0 Å². The van der Waals surface area contributed by atoms with Gasteiger partial charge in [0, 0.05) is 11.1 Å². The second kappa shape index (κ2) is 7.26. The molecule has 0 saturated heterocycles. The molecule has 0 bridgehead atoms. The van der Waals surface area contributed by atoms with Gasteiger partial charge in [-0.3, -0.25) is 4.79 Å². The van der Waals surface area contributed by atoms with Crippen molar-refractivity contribution in [2.45, 2.75) is 0 Å². The number of rotatable bonds is 5. The molecule has 0 N–H and O–H groups in total. The van der Waals surface area contributed by atoms with Gasteiger partial charge in [0.1, 0.15) is 11.8 Å². The van der Waals surface area contributed by atoms with Gasteiger partial charge in [-0.1, -0.05) is 54.6 Å². The van der Waals surface area contributed by atoms with Crippen molar-refractivity contribution in [2.75, 3.05) is 6.61 Å². The highest BCUT2D eigenvalue weighted by Crippen LogP contribution is 2.20. The molecule has 0 aliphatic rings. The van der Waals surface area contributed by atoms with Crippen LogP contribution in [0.2, 0.25) is 0 Å². The maximum Gasteiger partial charge on any atom is 0.185 e. The molecule has 3 rings (SSSR count). The van der Waals surface area contributed by atoms with Crippen LogP contribution in [0.5, 0.6) is 5.75 Å². The predicted octanol–water partition coefficient (Wildman–Crippen LogP) is 4.64. The zero-order chi connectivity index (χ0) is 16.8. The fourth-order valence-electron chi connectivity index (χ4n) is 2.46. The van der Waals surface area contributed by atoms with Crippen LogP contribution in [-0.2, 0) is 0 Å². The largest absolute Gasteiger partial charge is 0.478 e. The van der Waals surface area contributed by atoms with E-state index in [1.807, 2.05) is 66.7 Å². The van der Waals surface area contributed by atoms with Crippen molar-refractivity contribution in [1.29, 1.82) is 5.26 Å². The molecule has 0 unspecified atom stereocenters. The molecule has 24 heavy (non-hydrogen) atoms. The zero-order valence-corrected chi connectivity index (χ0v) is 13.0. The highest BCUT2D eigenvalue weighted by atomic mass is 16.5. The van der Waals surface area contributed by atoms with Crippen LogP contribution in [0.3, 0.4) is 0 Å². The number of nitriles is 1. The number of carbonyl (C=O) groups excluding carboxylic acids is 1. The predicted molar refractivity (Wildman–Crippen MR) is 94.9 cm³/mol. The molecule has 3 aromatic carbocycles. The third-order valence-electron chi connectivity index (χ3n) is 3.66. The molecule has 0 amide bonds. The lowest BCUT2D eigenvalue weighted by Gasteiger charge is -2.05. The minimum atomic E-state index is -0.0733. The summed E-state index contributed by atoms with van der Waals surface area (Å²) in [6.45, 7) is -0.0243. The van der Waals surface area contributed by atoms with Crippen molar-refractivity contribution >= 4 is 22.6 Å². The van der Waals surface area contributed by atoms with Gasteiger partial charge in [-0.15, -0.1) is 0 Å². The van der Waals surface area contributed by atoms with Gasteiger partial charge in [0.2, 0.25) is 0 Å². The number of nitrogens with zero attached hydrogens (tertiary/aromatic N) is 1. The number of carbonyl (C=O) groups is 1. The van der Waals surface area contributed by atoms with Crippen LogP contribution >= 0.6 is 0 Å². The summed E-state index contributed by atoms with van der Waals surface area (Å²) in [5.74, 6) is 0.512. The Balaban J connectivity index is 1.83. The van der Waals surface area contributed by atoms with Crippen molar-refractivity contribution < 1.29 is 9.53 Å². The number of ether oxygens (including phenoxy) is 1.